The van der Waals surface area contributed by atoms with Crippen molar-refractivity contribution in [3.63, 3.8) is 0 Å². The number of aromatic nitrogens is 4. The third-order valence-electron chi connectivity index (χ3n) is 7.36. The first-order valence-corrected chi connectivity index (χ1v) is 18.2. The monoisotopic (exact) mass is 806 g/mol. The molecule has 2 aromatic heterocycles. The van der Waals surface area contributed by atoms with Gasteiger partial charge in [0, 0.05) is 48.1 Å². The van der Waals surface area contributed by atoms with Crippen molar-refractivity contribution < 1.29 is 19.1 Å². The molecular formula is C37H53Cl3N10O4. The van der Waals surface area contributed by atoms with Crippen molar-refractivity contribution in [2.45, 2.75) is 86.5 Å². The van der Waals surface area contributed by atoms with Crippen LogP contribution in [0.4, 0.5) is 34.9 Å². The maximum Gasteiger partial charge on any atom is 0.224 e. The second-order valence-electron chi connectivity index (χ2n) is 12.4. The SMILES string of the molecule is C.Cc1cc(C(C)C)c(Oc2cnc(N)nc2N)cc1N.Cc1cc(C(C)C)c(Oc2cnc(N)nc2N)cc1NC(=O)CCCCl.O=C(Cl)CCCCl. The van der Waals surface area contributed by atoms with E-state index < -0.39 is 0 Å². The van der Waals surface area contributed by atoms with Gasteiger partial charge in [-0.25, -0.2) is 9.97 Å². The molecule has 4 aromatic rings. The normalized spacial score (nSPS) is 10.4. The average Bonchev–Trinajstić information content (AvgIpc) is 3.08. The van der Waals surface area contributed by atoms with Gasteiger partial charge in [0.2, 0.25) is 23.0 Å². The number of benzene rings is 2. The molecule has 0 unspecified atom stereocenters. The Morgan fingerprint density at radius 3 is 1.56 bits per heavy atom. The van der Waals surface area contributed by atoms with Crippen molar-refractivity contribution >= 4 is 80.9 Å². The molecule has 296 valence electrons. The number of nitrogens with one attached hydrogen (secondary N) is 1. The highest BCUT2D eigenvalue weighted by molar-refractivity contribution is 6.63. The highest BCUT2D eigenvalue weighted by Gasteiger charge is 2.17. The number of amides is 1. The minimum Gasteiger partial charge on any atom is -0.451 e. The number of alkyl halides is 2. The highest BCUT2D eigenvalue weighted by atomic mass is 35.5. The van der Waals surface area contributed by atoms with Crippen LogP contribution in [0.25, 0.3) is 0 Å². The van der Waals surface area contributed by atoms with E-state index in [0.29, 0.717) is 77.7 Å². The van der Waals surface area contributed by atoms with E-state index in [-0.39, 0.29) is 48.0 Å². The number of hydrogen-bond acceptors (Lipinski definition) is 13. The van der Waals surface area contributed by atoms with E-state index in [2.05, 4.69) is 52.9 Å². The van der Waals surface area contributed by atoms with Crippen LogP contribution in [0, 0.1) is 13.8 Å². The second kappa shape index (κ2) is 23.1. The van der Waals surface area contributed by atoms with Gasteiger partial charge in [0.15, 0.2) is 23.1 Å². The summed E-state index contributed by atoms with van der Waals surface area (Å²) in [5.74, 6) is 3.83. The summed E-state index contributed by atoms with van der Waals surface area (Å²) in [6.45, 7) is 12.2. The third-order valence-corrected chi connectivity index (χ3v) is 8.08. The Bertz CT molecular complexity index is 1840. The topological polar surface area (TPSA) is 246 Å². The van der Waals surface area contributed by atoms with E-state index in [0.717, 1.165) is 22.3 Å². The second-order valence-corrected chi connectivity index (χ2v) is 13.6. The lowest BCUT2D eigenvalue weighted by molar-refractivity contribution is -0.116. The maximum absolute atomic E-state index is 12.0. The highest BCUT2D eigenvalue weighted by Crippen LogP contribution is 2.37. The quantitative estimate of drug-likeness (QED) is 0.0421. The minimum absolute atomic E-state index is 0. The first-order valence-electron chi connectivity index (χ1n) is 16.7. The molecule has 17 heteroatoms. The van der Waals surface area contributed by atoms with Gasteiger partial charge in [0.1, 0.15) is 11.5 Å². The van der Waals surface area contributed by atoms with E-state index >= 15 is 0 Å². The van der Waals surface area contributed by atoms with Gasteiger partial charge in [-0.2, -0.15) is 9.97 Å². The fraction of sp³-hybridized carbons (Fsp3) is 0.405. The van der Waals surface area contributed by atoms with E-state index in [1.807, 2.05) is 26.0 Å². The Morgan fingerprint density at radius 2 is 1.15 bits per heavy atom. The smallest absolute Gasteiger partial charge is 0.224 e. The molecule has 0 fully saturated rings. The summed E-state index contributed by atoms with van der Waals surface area (Å²) in [4.78, 5) is 37.5. The minimum atomic E-state index is -0.305. The van der Waals surface area contributed by atoms with Crippen molar-refractivity contribution in [3.05, 3.63) is 58.9 Å². The molecule has 0 saturated heterocycles. The summed E-state index contributed by atoms with van der Waals surface area (Å²) in [7, 11) is 0. The summed E-state index contributed by atoms with van der Waals surface area (Å²) < 4.78 is 11.7. The van der Waals surface area contributed by atoms with Crippen LogP contribution in [-0.2, 0) is 9.59 Å². The number of nitrogen functional groups attached to an aromatic ring is 5. The zero-order chi connectivity index (χ0) is 39.8. The maximum atomic E-state index is 12.0. The lowest BCUT2D eigenvalue weighted by Gasteiger charge is -2.18. The molecule has 0 aliphatic carbocycles. The molecule has 0 spiro atoms. The zero-order valence-corrected chi connectivity index (χ0v) is 33.1. The Balaban J connectivity index is 0.000000462. The number of nitrogens with two attached hydrogens (primary N) is 5. The number of hydrogen-bond donors (Lipinski definition) is 6. The first kappa shape index (κ1) is 47.2. The predicted molar refractivity (Wildman–Crippen MR) is 223 cm³/mol. The number of ether oxygens (including phenoxy) is 2. The van der Waals surface area contributed by atoms with Crippen molar-refractivity contribution in [2.75, 3.05) is 45.7 Å². The number of carbonyl (C=O) groups is 2. The Labute approximate surface area is 332 Å². The van der Waals surface area contributed by atoms with Crippen LogP contribution in [0.3, 0.4) is 0 Å². The fourth-order valence-corrected chi connectivity index (χ4v) is 4.89. The standard InChI is InChI=1S/C18H24ClN5O2.C14H19N5O.C4H6Cl2O.CH4/c1-10(2)12-7-11(3)13(23-16(25)5-4-6-19)8-14(12)26-15-9-22-18(21)24-17(15)20;1-7(2)9-4-8(3)10(15)5-11(9)20-12-6-18-14(17)19-13(12)16;5-3-1-2-4(6)7;/h7-10H,4-6H2,1-3H3,(H,23,25)(H4,20,21,22,24);4-7H,15H2,1-3H3,(H4,16,17,18,19);1-3H2;1H4. The van der Waals surface area contributed by atoms with E-state index in [1.54, 1.807) is 12.1 Å². The molecule has 0 saturated carbocycles. The van der Waals surface area contributed by atoms with Crippen LogP contribution in [-0.4, -0.2) is 42.8 Å². The van der Waals surface area contributed by atoms with Crippen LogP contribution >= 0.6 is 34.8 Å². The molecule has 0 aliphatic heterocycles. The Hall–Kier alpha value is -4.79. The van der Waals surface area contributed by atoms with E-state index in [1.165, 1.54) is 12.4 Å². The lowest BCUT2D eigenvalue weighted by atomic mass is 9.98. The molecule has 2 heterocycles. The number of anilines is 6. The summed E-state index contributed by atoms with van der Waals surface area (Å²) in [5.41, 5.74) is 33.9. The summed E-state index contributed by atoms with van der Waals surface area (Å²) in [6.07, 6.45) is 4.95. The largest absolute Gasteiger partial charge is 0.451 e. The van der Waals surface area contributed by atoms with Crippen LogP contribution < -0.4 is 43.5 Å². The Morgan fingerprint density at radius 1 is 0.704 bits per heavy atom. The van der Waals surface area contributed by atoms with E-state index in [9.17, 15) is 9.59 Å². The molecule has 11 N–H and O–H groups in total. The van der Waals surface area contributed by atoms with Gasteiger partial charge in [-0.1, -0.05) is 47.3 Å². The number of halogens is 3. The van der Waals surface area contributed by atoms with Crippen LogP contribution in [0.5, 0.6) is 23.0 Å². The average molecular weight is 808 g/mol. The van der Waals surface area contributed by atoms with Crippen LogP contribution in [0.1, 0.15) is 94.9 Å². The number of rotatable bonds is 13. The van der Waals surface area contributed by atoms with Gasteiger partial charge < -0.3 is 43.5 Å². The van der Waals surface area contributed by atoms with Gasteiger partial charge in [0.05, 0.1) is 12.4 Å². The van der Waals surface area contributed by atoms with Gasteiger partial charge in [0.25, 0.3) is 0 Å². The van der Waals surface area contributed by atoms with Crippen LogP contribution in [0.2, 0.25) is 0 Å². The molecule has 54 heavy (non-hydrogen) atoms. The van der Waals surface area contributed by atoms with Gasteiger partial charge >= 0.3 is 0 Å². The van der Waals surface area contributed by atoms with Gasteiger partial charge in [-0.15, -0.1) is 23.2 Å². The number of nitrogens with zero attached hydrogens (tertiary/aromatic N) is 4. The number of carbonyl (C=O) groups excluding carboxylic acids is 2. The zero-order valence-electron chi connectivity index (χ0n) is 30.8. The predicted octanol–water partition coefficient (Wildman–Crippen LogP) is 8.68. The molecule has 1 amide bonds. The molecular weight excluding hydrogens is 755 g/mol. The summed E-state index contributed by atoms with van der Waals surface area (Å²) in [5, 5.41) is 2.60. The molecule has 0 bridgehead atoms. The van der Waals surface area contributed by atoms with E-state index in [4.69, 9.17) is 72.9 Å². The summed E-state index contributed by atoms with van der Waals surface area (Å²) in [6, 6.07) is 7.59. The molecule has 0 atom stereocenters. The van der Waals surface area contributed by atoms with Crippen molar-refractivity contribution in [2.24, 2.45) is 0 Å². The molecule has 14 nitrogen and oxygen atoms in total. The third kappa shape index (κ3) is 15.3. The summed E-state index contributed by atoms with van der Waals surface area (Å²) >= 11 is 15.8. The molecule has 4 rings (SSSR count). The fourth-order valence-electron chi connectivity index (χ4n) is 4.49. The van der Waals surface area contributed by atoms with Gasteiger partial charge in [-0.05, 0) is 72.4 Å². The molecule has 2 aromatic carbocycles. The van der Waals surface area contributed by atoms with Crippen molar-refractivity contribution in [1.29, 1.82) is 0 Å². The van der Waals surface area contributed by atoms with Crippen molar-refractivity contribution in [1.82, 2.24) is 19.9 Å². The number of aryl methyl sites for hydroxylation is 2. The van der Waals surface area contributed by atoms with Gasteiger partial charge in [-0.3, -0.25) is 9.59 Å². The Kier molecular flexibility index (Phi) is 20.2. The van der Waals surface area contributed by atoms with Crippen LogP contribution in [0.15, 0.2) is 36.7 Å². The lowest BCUT2D eigenvalue weighted by Crippen LogP contribution is -2.13. The molecule has 0 radical (unpaired) electrons. The van der Waals surface area contributed by atoms with Crippen molar-refractivity contribution in [3.8, 4) is 23.0 Å². The first-order chi connectivity index (χ1) is 25.0. The molecule has 0 aliphatic rings.